The van der Waals surface area contributed by atoms with E-state index in [2.05, 4.69) is 22.0 Å². The number of likely N-dealkylation sites (tertiary alicyclic amines) is 2. The number of aliphatic hydroxyl groups is 1. The van der Waals surface area contributed by atoms with Crippen LogP contribution >= 0.6 is 0 Å². The van der Waals surface area contributed by atoms with E-state index < -0.39 is 11.2 Å². The van der Waals surface area contributed by atoms with Crippen LogP contribution in [0.5, 0.6) is 0 Å². The minimum atomic E-state index is -0.524. The summed E-state index contributed by atoms with van der Waals surface area (Å²) < 4.78 is 42.8. The van der Waals surface area contributed by atoms with Gasteiger partial charge in [0.15, 0.2) is 0 Å². The largest absolute Gasteiger partial charge is 0.465 e. The lowest BCUT2D eigenvalue weighted by atomic mass is 9.87. The molecule has 2 amide bonds. The van der Waals surface area contributed by atoms with Crippen molar-refractivity contribution in [2.45, 2.75) is 110 Å². The van der Waals surface area contributed by atoms with Crippen molar-refractivity contribution in [3.63, 3.8) is 0 Å². The number of amides is 2. The van der Waals surface area contributed by atoms with Crippen molar-refractivity contribution in [1.29, 1.82) is 0 Å². The molecule has 2 unspecified atom stereocenters. The van der Waals surface area contributed by atoms with Gasteiger partial charge in [-0.3, -0.25) is 14.6 Å². The Morgan fingerprint density at radius 2 is 1.07 bits per heavy atom. The van der Waals surface area contributed by atoms with Gasteiger partial charge in [-0.05, 0) is 145 Å². The number of ether oxygens (including phenoxy) is 3. The number of hydrogen-bond acceptors (Lipinski definition) is 9. The summed E-state index contributed by atoms with van der Waals surface area (Å²) in [4.78, 5) is 45.6. The number of hydrogen-bond donors (Lipinski definition) is 1. The molecule has 2 fully saturated rings. The third-order valence-corrected chi connectivity index (χ3v) is 11.9. The SMILES string of the molecule is CC(C)(C)OC(=O)N1CCC(C(CO)N2CC=C(c3ccc(F)cc3)CC2)CC1.CCOC(=O)C(C1CCN(C(=O)OC(C)(C)C)CC1)N1CC=C(c2ccc(F)cc2)CC1. The minimum absolute atomic E-state index is 0.0989. The lowest BCUT2D eigenvalue weighted by Gasteiger charge is -2.41. The molecule has 61 heavy (non-hydrogen) atoms. The number of carbonyl (C=O) groups excluding carboxylic acids is 3. The lowest BCUT2D eigenvalue weighted by Crippen LogP contribution is -2.52. The maximum Gasteiger partial charge on any atom is 0.410 e. The highest BCUT2D eigenvalue weighted by molar-refractivity contribution is 5.77. The number of piperidine rings is 2. The predicted octanol–water partition coefficient (Wildman–Crippen LogP) is 8.42. The summed E-state index contributed by atoms with van der Waals surface area (Å²) >= 11 is 0. The average molecular weight is 851 g/mol. The quantitative estimate of drug-likeness (QED) is 0.196. The fourth-order valence-corrected chi connectivity index (χ4v) is 8.72. The average Bonchev–Trinajstić information content (AvgIpc) is 3.22. The molecule has 1 N–H and O–H groups in total. The van der Waals surface area contributed by atoms with Crippen LogP contribution in [0.4, 0.5) is 18.4 Å². The van der Waals surface area contributed by atoms with Crippen LogP contribution in [-0.4, -0.2) is 132 Å². The monoisotopic (exact) mass is 851 g/mol. The van der Waals surface area contributed by atoms with E-state index in [4.69, 9.17) is 14.2 Å². The Bertz CT molecular complexity index is 1810. The van der Waals surface area contributed by atoms with Crippen molar-refractivity contribution in [2.75, 3.05) is 65.6 Å². The van der Waals surface area contributed by atoms with E-state index >= 15 is 0 Å². The van der Waals surface area contributed by atoms with E-state index in [0.29, 0.717) is 45.2 Å². The molecule has 4 aliphatic heterocycles. The van der Waals surface area contributed by atoms with E-state index in [9.17, 15) is 28.3 Å². The van der Waals surface area contributed by atoms with Gasteiger partial charge in [-0.2, -0.15) is 0 Å². The molecular weight excluding hydrogens is 783 g/mol. The molecule has 336 valence electrons. The number of esters is 1. The van der Waals surface area contributed by atoms with Crippen LogP contribution in [-0.2, 0) is 19.0 Å². The summed E-state index contributed by atoms with van der Waals surface area (Å²) in [7, 11) is 0. The van der Waals surface area contributed by atoms with Gasteiger partial charge < -0.3 is 29.1 Å². The molecule has 2 saturated heterocycles. The van der Waals surface area contributed by atoms with Gasteiger partial charge in [0.05, 0.1) is 13.2 Å². The second kappa shape index (κ2) is 21.6. The van der Waals surface area contributed by atoms with Crippen LogP contribution < -0.4 is 0 Å². The molecule has 4 aliphatic rings. The first-order valence-corrected chi connectivity index (χ1v) is 22.1. The van der Waals surface area contributed by atoms with Crippen LogP contribution in [0.3, 0.4) is 0 Å². The van der Waals surface area contributed by atoms with Crippen LogP contribution in [0.2, 0.25) is 0 Å². The number of carbonyl (C=O) groups is 3. The van der Waals surface area contributed by atoms with Crippen molar-refractivity contribution in [3.05, 3.63) is 83.4 Å². The second-order valence-electron chi connectivity index (χ2n) is 18.5. The zero-order chi connectivity index (χ0) is 44.3. The predicted molar refractivity (Wildman–Crippen MR) is 233 cm³/mol. The highest BCUT2D eigenvalue weighted by atomic mass is 19.1. The van der Waals surface area contributed by atoms with Gasteiger partial charge in [0.25, 0.3) is 0 Å². The van der Waals surface area contributed by atoms with Crippen molar-refractivity contribution < 1.29 is 42.5 Å². The van der Waals surface area contributed by atoms with E-state index in [0.717, 1.165) is 69.3 Å². The van der Waals surface area contributed by atoms with Gasteiger partial charge in [0.1, 0.15) is 28.9 Å². The Kier molecular flexibility index (Phi) is 16.9. The minimum Gasteiger partial charge on any atom is -0.465 e. The van der Waals surface area contributed by atoms with Crippen LogP contribution in [0, 0.1) is 23.5 Å². The van der Waals surface area contributed by atoms with Gasteiger partial charge in [0, 0.05) is 58.4 Å². The number of aliphatic hydroxyl groups excluding tert-OH is 1. The van der Waals surface area contributed by atoms with Gasteiger partial charge in [-0.25, -0.2) is 18.4 Å². The Morgan fingerprint density at radius 1 is 0.656 bits per heavy atom. The number of rotatable bonds is 9. The fourth-order valence-electron chi connectivity index (χ4n) is 8.72. The Morgan fingerprint density at radius 3 is 1.43 bits per heavy atom. The summed E-state index contributed by atoms with van der Waals surface area (Å²) in [5.74, 6) is -0.174. The topological polar surface area (TPSA) is 112 Å². The molecule has 13 heteroatoms. The first-order valence-electron chi connectivity index (χ1n) is 22.1. The fraction of sp³-hybridized carbons (Fsp3) is 0.604. The Balaban J connectivity index is 0.000000232. The maximum atomic E-state index is 13.2. The molecule has 2 aromatic rings. The number of nitrogens with zero attached hydrogens (tertiary/aromatic N) is 4. The molecule has 0 saturated carbocycles. The molecule has 11 nitrogen and oxygen atoms in total. The zero-order valence-corrected chi connectivity index (χ0v) is 37.3. The van der Waals surface area contributed by atoms with E-state index in [1.165, 1.54) is 35.4 Å². The third-order valence-electron chi connectivity index (χ3n) is 11.9. The van der Waals surface area contributed by atoms with Gasteiger partial charge in [-0.1, -0.05) is 36.4 Å². The number of benzene rings is 2. The molecule has 2 atom stereocenters. The van der Waals surface area contributed by atoms with Crippen molar-refractivity contribution in [1.82, 2.24) is 19.6 Å². The maximum absolute atomic E-state index is 13.2. The van der Waals surface area contributed by atoms with Crippen LogP contribution in [0.25, 0.3) is 11.1 Å². The molecule has 2 aromatic carbocycles. The summed E-state index contributed by atoms with van der Waals surface area (Å²) in [6, 6.07) is 13.0. The van der Waals surface area contributed by atoms with Crippen molar-refractivity contribution in [2.24, 2.45) is 11.8 Å². The molecule has 0 aliphatic carbocycles. The van der Waals surface area contributed by atoms with Crippen molar-refractivity contribution >= 4 is 29.3 Å². The van der Waals surface area contributed by atoms with Crippen LogP contribution in [0.15, 0.2) is 60.7 Å². The van der Waals surface area contributed by atoms with Gasteiger partial charge in [-0.15, -0.1) is 0 Å². The second-order valence-corrected chi connectivity index (χ2v) is 18.5. The molecule has 6 rings (SSSR count). The molecule has 0 aromatic heterocycles. The first-order chi connectivity index (χ1) is 28.9. The molecule has 0 radical (unpaired) electrons. The molecule has 0 bridgehead atoms. The Labute approximate surface area is 361 Å². The van der Waals surface area contributed by atoms with Crippen molar-refractivity contribution in [3.8, 4) is 0 Å². The Hall–Kier alpha value is -4.33. The van der Waals surface area contributed by atoms with Gasteiger partial charge >= 0.3 is 18.2 Å². The van der Waals surface area contributed by atoms with E-state index in [-0.39, 0.29) is 54.4 Å². The summed E-state index contributed by atoms with van der Waals surface area (Å²) in [6.45, 7) is 19.0. The highest BCUT2D eigenvalue weighted by Crippen LogP contribution is 2.32. The van der Waals surface area contributed by atoms with E-state index in [1.807, 2.05) is 60.6 Å². The summed E-state index contributed by atoms with van der Waals surface area (Å²) in [5.41, 5.74) is 3.48. The van der Waals surface area contributed by atoms with Gasteiger partial charge in [0.2, 0.25) is 0 Å². The summed E-state index contributed by atoms with van der Waals surface area (Å²) in [6.07, 6.45) is 8.65. The first kappa shape index (κ1) is 47.7. The molecule has 0 spiro atoms. The highest BCUT2D eigenvalue weighted by Gasteiger charge is 2.39. The normalized spacial score (nSPS) is 19.8. The van der Waals surface area contributed by atoms with E-state index in [1.54, 1.807) is 21.9 Å². The zero-order valence-electron chi connectivity index (χ0n) is 37.3. The third kappa shape index (κ3) is 14.1. The standard InChI is InChI=1S/C25H35FN2O4.C23H33FN2O3/c1-5-31-23(29)22(20-12-16-28(17-13-20)24(30)32-25(2,3)4)27-14-10-19(11-15-27)18-6-8-21(26)9-7-18;1-23(2,3)29-22(28)26-14-10-19(11-15-26)21(16-27)25-12-8-18(9-13-25)17-4-6-20(24)7-5-17/h6-10,20,22H,5,11-17H2,1-4H3;4-8,19,21,27H,9-16H2,1-3H3. The van der Waals surface area contributed by atoms with Crippen LogP contribution in [0.1, 0.15) is 98.1 Å². The smallest absolute Gasteiger partial charge is 0.410 e. The number of halogens is 2. The summed E-state index contributed by atoms with van der Waals surface area (Å²) in [5, 5.41) is 10.1. The molecular formula is C48H68F2N4O7. The molecule has 4 heterocycles. The lowest BCUT2D eigenvalue weighted by molar-refractivity contribution is -0.152.